The third-order valence-electron chi connectivity index (χ3n) is 1.90. The third kappa shape index (κ3) is 2.48. The summed E-state index contributed by atoms with van der Waals surface area (Å²) in [6, 6.07) is 0. The van der Waals surface area contributed by atoms with Gasteiger partial charge < -0.3 is 0 Å². The minimum absolute atomic E-state index is 0.456. The maximum absolute atomic E-state index is 13.2. The van der Waals surface area contributed by atoms with E-state index in [2.05, 4.69) is 4.18 Å². The van der Waals surface area contributed by atoms with Crippen molar-refractivity contribution in [3.63, 3.8) is 0 Å². The van der Waals surface area contributed by atoms with E-state index in [0.717, 1.165) is 0 Å². The molecule has 20 heavy (non-hydrogen) atoms. The molecule has 0 aliphatic rings. The van der Waals surface area contributed by atoms with Crippen LogP contribution in [0.3, 0.4) is 0 Å². The first-order chi connectivity index (χ1) is 8.95. The molecule has 0 spiro atoms. The summed E-state index contributed by atoms with van der Waals surface area (Å²) in [5.41, 5.74) is -2.94. The highest BCUT2D eigenvalue weighted by atomic mass is 32.2. The summed E-state index contributed by atoms with van der Waals surface area (Å²) in [7, 11) is -5.64. The zero-order valence-electron chi connectivity index (χ0n) is 8.73. The average molecular weight is 323 g/mol. The second-order valence-electron chi connectivity index (χ2n) is 3.09. The lowest BCUT2D eigenvalue weighted by atomic mass is 10.1. The molecule has 0 aliphatic heterocycles. The van der Waals surface area contributed by atoms with Crippen molar-refractivity contribution < 1.29 is 43.3 Å². The lowest BCUT2D eigenvalue weighted by Gasteiger charge is -2.12. The predicted molar refractivity (Wildman–Crippen MR) is 45.2 cm³/mol. The molecule has 1 aromatic carbocycles. The van der Waals surface area contributed by atoms with Crippen LogP contribution in [0.15, 0.2) is 4.90 Å². The third-order valence-corrected chi connectivity index (χ3v) is 3.06. The lowest BCUT2D eigenvalue weighted by Crippen LogP contribution is -2.19. The van der Waals surface area contributed by atoms with Gasteiger partial charge in [-0.1, -0.05) is 0 Å². The second-order valence-corrected chi connectivity index (χ2v) is 4.57. The van der Waals surface area contributed by atoms with Gasteiger partial charge in [-0.25, -0.2) is 17.6 Å². The van der Waals surface area contributed by atoms with Gasteiger partial charge in [-0.3, -0.25) is 4.18 Å². The first-order valence-electron chi connectivity index (χ1n) is 4.20. The molecule has 110 valence electrons. The van der Waals surface area contributed by atoms with Crippen LogP contribution >= 0.6 is 0 Å². The van der Waals surface area contributed by atoms with Gasteiger partial charge in [0.15, 0.2) is 28.2 Å². The zero-order valence-corrected chi connectivity index (χ0v) is 9.54. The van der Waals surface area contributed by atoms with E-state index in [4.69, 9.17) is 5.26 Å². The van der Waals surface area contributed by atoms with E-state index in [1.807, 2.05) is 0 Å². The Hall–Kier alpha value is -2.03. The van der Waals surface area contributed by atoms with Crippen LogP contribution in [0.1, 0.15) is 5.56 Å². The first-order valence-corrected chi connectivity index (χ1v) is 5.61. The Morgan fingerprint density at radius 1 is 0.950 bits per heavy atom. The van der Waals surface area contributed by atoms with Crippen molar-refractivity contribution >= 4 is 10.1 Å². The fourth-order valence-corrected chi connectivity index (χ4v) is 1.97. The Morgan fingerprint density at radius 2 is 1.35 bits per heavy atom. The molecule has 0 N–H and O–H groups in total. The van der Waals surface area contributed by atoms with Crippen LogP contribution in [0.25, 0.3) is 0 Å². The quantitative estimate of drug-likeness (QED) is 0.363. The number of alkyl halides is 3. The topological polar surface area (TPSA) is 67.2 Å². The Labute approximate surface area is 106 Å². The van der Waals surface area contributed by atoms with Crippen molar-refractivity contribution in [3.8, 4) is 6.26 Å². The van der Waals surface area contributed by atoms with E-state index < -0.39 is 50.0 Å². The molecular weight excluding hydrogens is 323 g/mol. The summed E-state index contributed by atoms with van der Waals surface area (Å²) in [6.07, 6.45) is -5.36. The molecule has 0 unspecified atom stereocenters. The summed E-state index contributed by atoms with van der Waals surface area (Å²) in [5.74, 6) is -11.7. The van der Waals surface area contributed by atoms with E-state index in [0.29, 0.717) is 6.26 Å². The van der Waals surface area contributed by atoms with E-state index in [-0.39, 0.29) is 0 Å². The summed E-state index contributed by atoms with van der Waals surface area (Å²) in [5, 5.41) is 7.90. The molecule has 0 amide bonds. The van der Waals surface area contributed by atoms with Gasteiger partial charge in [-0.15, -0.1) is 5.26 Å². The largest absolute Gasteiger partial charge is 0.422 e. The van der Waals surface area contributed by atoms with Crippen molar-refractivity contribution in [2.24, 2.45) is 0 Å². The summed E-state index contributed by atoms with van der Waals surface area (Å²) >= 11 is 0. The number of hydrogen-bond donors (Lipinski definition) is 0. The number of benzene rings is 1. The van der Waals surface area contributed by atoms with Crippen LogP contribution in [0, 0.1) is 34.8 Å². The van der Waals surface area contributed by atoms with Crippen LogP contribution in [0.2, 0.25) is 0 Å². The number of halogens is 7. The van der Waals surface area contributed by atoms with Crippen molar-refractivity contribution in [1.29, 1.82) is 5.26 Å². The Morgan fingerprint density at radius 3 is 1.65 bits per heavy atom. The summed E-state index contributed by atoms with van der Waals surface area (Å²) < 4.78 is 114. The summed E-state index contributed by atoms with van der Waals surface area (Å²) in [6.45, 7) is 0. The normalized spacial score (nSPS) is 12.1. The van der Waals surface area contributed by atoms with E-state index in [1.54, 1.807) is 0 Å². The molecule has 0 heterocycles. The van der Waals surface area contributed by atoms with Crippen LogP contribution in [0.4, 0.5) is 30.7 Å². The molecule has 1 rings (SSSR count). The van der Waals surface area contributed by atoms with Crippen molar-refractivity contribution in [2.75, 3.05) is 0 Å². The van der Waals surface area contributed by atoms with Crippen LogP contribution < -0.4 is 0 Å². The van der Waals surface area contributed by atoms with Crippen LogP contribution in [-0.4, -0.2) is 8.42 Å². The van der Waals surface area contributed by atoms with Crippen molar-refractivity contribution in [3.05, 3.63) is 28.8 Å². The number of rotatable bonds is 2. The minimum Gasteiger partial charge on any atom is -0.299 e. The number of nitrogens with zero attached hydrogens (tertiary/aromatic N) is 1. The number of nitriles is 1. The maximum Gasteiger partial charge on any atom is 0.422 e. The molecule has 0 saturated carbocycles. The van der Waals surface area contributed by atoms with Gasteiger partial charge in [0.05, 0.1) is 0 Å². The van der Waals surface area contributed by atoms with Gasteiger partial charge in [0.25, 0.3) is 0 Å². The van der Waals surface area contributed by atoms with Crippen molar-refractivity contribution in [1.82, 2.24) is 0 Å². The van der Waals surface area contributed by atoms with Gasteiger partial charge in [-0.05, 0) is 0 Å². The second kappa shape index (κ2) is 4.82. The molecule has 0 aliphatic carbocycles. The molecule has 4 nitrogen and oxygen atoms in total. The highest BCUT2D eigenvalue weighted by molar-refractivity contribution is 7.86. The van der Waals surface area contributed by atoms with Crippen LogP contribution in [-0.2, 0) is 20.5 Å². The van der Waals surface area contributed by atoms with Gasteiger partial charge in [0.2, 0.25) is 0 Å². The molecular formula is C8F7NO3S. The zero-order chi connectivity index (χ0) is 15.9. The molecule has 12 heteroatoms. The maximum atomic E-state index is 13.2. The lowest BCUT2D eigenvalue weighted by molar-refractivity contribution is -0.143. The van der Waals surface area contributed by atoms with Gasteiger partial charge in [0, 0.05) is 0 Å². The van der Waals surface area contributed by atoms with Gasteiger partial charge in [-0.2, -0.15) is 21.6 Å². The Kier molecular flexibility index (Phi) is 3.86. The Bertz CT molecular complexity index is 675. The fourth-order valence-electron chi connectivity index (χ4n) is 1.17. The monoisotopic (exact) mass is 323 g/mol. The Balaban J connectivity index is 3.85. The van der Waals surface area contributed by atoms with E-state index in [1.165, 1.54) is 0 Å². The molecule has 0 aromatic heterocycles. The smallest absolute Gasteiger partial charge is 0.299 e. The predicted octanol–water partition coefficient (Wildman–Crippen LogP) is 2.45. The summed E-state index contributed by atoms with van der Waals surface area (Å²) in [4.78, 5) is -2.47. The molecule has 0 bridgehead atoms. The van der Waals surface area contributed by atoms with Crippen LogP contribution in [0.5, 0.6) is 0 Å². The molecule has 0 atom stereocenters. The van der Waals surface area contributed by atoms with Gasteiger partial charge >= 0.3 is 22.5 Å². The molecule has 0 fully saturated rings. The van der Waals surface area contributed by atoms with Gasteiger partial charge in [0.1, 0.15) is 5.56 Å². The van der Waals surface area contributed by atoms with Crippen molar-refractivity contribution in [2.45, 2.75) is 11.1 Å². The average Bonchev–Trinajstić information content (AvgIpc) is 2.24. The van der Waals surface area contributed by atoms with E-state index >= 15 is 0 Å². The SMILES string of the molecule is N#COS(=O)(=O)c1c(F)c(F)c(C(F)(F)F)c(F)c1F. The van der Waals surface area contributed by atoms with E-state index in [9.17, 15) is 39.2 Å². The fraction of sp³-hybridized carbons (Fsp3) is 0.125. The first kappa shape index (κ1) is 16.0. The molecule has 1 aromatic rings. The standard InChI is InChI=1S/C8F7NO3S/c9-3-2(8(13,14)15)4(10)6(12)7(5(3)11)20(17,18)19-1-16. The highest BCUT2D eigenvalue weighted by Crippen LogP contribution is 2.38. The molecule has 0 radical (unpaired) electrons. The number of hydrogen-bond acceptors (Lipinski definition) is 4. The minimum atomic E-state index is -5.81. The molecule has 0 saturated heterocycles. The highest BCUT2D eigenvalue weighted by Gasteiger charge is 2.44.